The molecule has 0 radical (unpaired) electrons. The molecule has 1 aliphatic heterocycles. The highest BCUT2D eigenvalue weighted by atomic mass is 79.9. The Labute approximate surface area is 143 Å². The zero-order chi connectivity index (χ0) is 17.2. The summed E-state index contributed by atoms with van der Waals surface area (Å²) in [6, 6.07) is 4.92. The molecule has 7 nitrogen and oxygen atoms in total. The van der Waals surface area contributed by atoms with Crippen LogP contribution in [0, 0.1) is 5.92 Å². The number of primary sulfonamides is 1. The van der Waals surface area contributed by atoms with Gasteiger partial charge in [-0.2, -0.15) is 0 Å². The molecule has 0 bridgehead atoms. The smallest absolute Gasteiger partial charge is 0.340 e. The zero-order valence-corrected chi connectivity index (χ0v) is 14.9. The number of carbonyl (C=O) groups is 2. The molecule has 1 heterocycles. The summed E-state index contributed by atoms with van der Waals surface area (Å²) in [4.78, 5) is 25.7. The molecule has 2 rings (SSSR count). The van der Waals surface area contributed by atoms with Gasteiger partial charge in [0.05, 0.1) is 23.6 Å². The van der Waals surface area contributed by atoms with E-state index in [1.807, 2.05) is 0 Å². The Hall–Kier alpha value is -1.45. The number of hydrogen-bond acceptors (Lipinski definition) is 5. The van der Waals surface area contributed by atoms with Crippen LogP contribution in [0.4, 0.5) is 5.69 Å². The van der Waals surface area contributed by atoms with Crippen LogP contribution >= 0.6 is 15.9 Å². The van der Waals surface area contributed by atoms with Crippen LogP contribution in [0.2, 0.25) is 0 Å². The summed E-state index contributed by atoms with van der Waals surface area (Å²) in [5, 5.41) is 5.04. The second kappa shape index (κ2) is 6.98. The Morgan fingerprint density at radius 1 is 1.48 bits per heavy atom. The predicted octanol–water partition coefficient (Wildman–Crippen LogP) is 1.27. The van der Waals surface area contributed by atoms with Crippen molar-refractivity contribution in [3.8, 4) is 0 Å². The number of hydrogen-bond donors (Lipinski definition) is 1. The number of halogens is 1. The van der Waals surface area contributed by atoms with Gasteiger partial charge in [-0.1, -0.05) is 15.9 Å². The van der Waals surface area contributed by atoms with E-state index in [9.17, 15) is 18.0 Å². The molecule has 1 saturated heterocycles. The first-order chi connectivity index (χ1) is 10.7. The molecule has 0 aromatic heterocycles. The summed E-state index contributed by atoms with van der Waals surface area (Å²) < 4.78 is 28.1. The molecule has 0 saturated carbocycles. The summed E-state index contributed by atoms with van der Waals surface area (Å²) in [5.41, 5.74) is 0.666. The first-order valence-corrected chi connectivity index (χ1v) is 9.49. The average Bonchev–Trinajstić information content (AvgIpc) is 2.77. The highest BCUT2D eigenvalue weighted by Crippen LogP contribution is 2.31. The van der Waals surface area contributed by atoms with Crippen LogP contribution in [0.5, 0.6) is 0 Å². The third-order valence-corrected chi connectivity index (χ3v) is 4.85. The Balaban J connectivity index is 2.31. The van der Waals surface area contributed by atoms with E-state index in [1.165, 1.54) is 4.90 Å². The van der Waals surface area contributed by atoms with Crippen LogP contribution in [0.25, 0.3) is 0 Å². The fraction of sp³-hybridized carbons (Fsp3) is 0.429. The third kappa shape index (κ3) is 4.52. The number of carbonyl (C=O) groups excluding carboxylic acids is 2. The number of esters is 1. The average molecular weight is 405 g/mol. The van der Waals surface area contributed by atoms with Gasteiger partial charge in [-0.15, -0.1) is 0 Å². The first-order valence-electron chi connectivity index (χ1n) is 6.98. The van der Waals surface area contributed by atoms with Crippen molar-refractivity contribution in [3.63, 3.8) is 0 Å². The van der Waals surface area contributed by atoms with Crippen molar-refractivity contribution in [2.75, 3.05) is 23.8 Å². The number of anilines is 1. The van der Waals surface area contributed by atoms with E-state index in [1.54, 1.807) is 25.1 Å². The number of sulfonamides is 1. The molecule has 1 aromatic rings. The summed E-state index contributed by atoms with van der Waals surface area (Å²) in [6.45, 7) is 2.11. The molecule has 9 heteroatoms. The van der Waals surface area contributed by atoms with Gasteiger partial charge in [-0.25, -0.2) is 18.4 Å². The summed E-state index contributed by atoms with van der Waals surface area (Å²) in [5.74, 6) is -1.44. The minimum Gasteiger partial charge on any atom is -0.462 e. The Morgan fingerprint density at radius 3 is 2.78 bits per heavy atom. The minimum absolute atomic E-state index is 0.0781. The summed E-state index contributed by atoms with van der Waals surface area (Å²) in [7, 11) is -3.66. The molecule has 23 heavy (non-hydrogen) atoms. The molecule has 0 spiro atoms. The largest absolute Gasteiger partial charge is 0.462 e. The van der Waals surface area contributed by atoms with E-state index < -0.39 is 21.9 Å². The standard InChI is InChI=1S/C14H17BrN2O5S/c1-2-22-14(19)11-6-10(15)3-4-12(11)17-7-9(5-13(17)18)8-23(16,20)21/h3-4,6,9H,2,5,7-8H2,1H3,(H2,16,20,21). The van der Waals surface area contributed by atoms with Crippen molar-refractivity contribution in [1.82, 2.24) is 0 Å². The fourth-order valence-corrected chi connectivity index (χ4v) is 3.81. The van der Waals surface area contributed by atoms with Gasteiger partial charge in [-0.05, 0) is 25.1 Å². The zero-order valence-electron chi connectivity index (χ0n) is 12.5. The van der Waals surface area contributed by atoms with E-state index in [4.69, 9.17) is 9.88 Å². The Morgan fingerprint density at radius 2 is 2.17 bits per heavy atom. The molecular formula is C14H17BrN2O5S. The van der Waals surface area contributed by atoms with Gasteiger partial charge in [0.15, 0.2) is 0 Å². The highest BCUT2D eigenvalue weighted by molar-refractivity contribution is 9.10. The lowest BCUT2D eigenvalue weighted by molar-refractivity contribution is -0.117. The molecule has 1 aromatic carbocycles. The van der Waals surface area contributed by atoms with E-state index >= 15 is 0 Å². The van der Waals surface area contributed by atoms with Crippen molar-refractivity contribution in [3.05, 3.63) is 28.2 Å². The molecule has 1 atom stereocenters. The van der Waals surface area contributed by atoms with E-state index in [2.05, 4.69) is 15.9 Å². The lowest BCUT2D eigenvalue weighted by Gasteiger charge is -2.20. The highest BCUT2D eigenvalue weighted by Gasteiger charge is 2.34. The number of nitrogens with two attached hydrogens (primary N) is 1. The van der Waals surface area contributed by atoms with E-state index in [-0.39, 0.29) is 36.8 Å². The maximum atomic E-state index is 12.2. The number of ether oxygens (including phenoxy) is 1. The summed E-state index contributed by atoms with van der Waals surface area (Å²) >= 11 is 3.28. The molecule has 1 aliphatic rings. The van der Waals surface area contributed by atoms with Gasteiger partial charge in [0.1, 0.15) is 0 Å². The van der Waals surface area contributed by atoms with Crippen LogP contribution in [0.3, 0.4) is 0 Å². The third-order valence-electron chi connectivity index (χ3n) is 3.42. The molecule has 2 N–H and O–H groups in total. The SMILES string of the molecule is CCOC(=O)c1cc(Br)ccc1N1CC(CS(N)(=O)=O)CC1=O. The fourth-order valence-electron chi connectivity index (χ4n) is 2.57. The maximum absolute atomic E-state index is 12.2. The van der Waals surface area contributed by atoms with Crippen molar-refractivity contribution in [2.24, 2.45) is 11.1 Å². The number of nitrogens with zero attached hydrogens (tertiary/aromatic N) is 1. The van der Waals surface area contributed by atoms with Crippen LogP contribution in [0.1, 0.15) is 23.7 Å². The van der Waals surface area contributed by atoms with Gasteiger partial charge >= 0.3 is 5.97 Å². The van der Waals surface area contributed by atoms with Crippen LogP contribution < -0.4 is 10.0 Å². The Bertz CT molecular complexity index is 735. The molecular weight excluding hydrogens is 388 g/mol. The quantitative estimate of drug-likeness (QED) is 0.743. The van der Waals surface area contributed by atoms with E-state index in [0.717, 1.165) is 0 Å². The van der Waals surface area contributed by atoms with Crippen molar-refractivity contribution in [1.29, 1.82) is 0 Å². The number of amides is 1. The molecule has 0 aliphatic carbocycles. The molecule has 1 amide bonds. The van der Waals surface area contributed by atoms with Gasteiger partial charge in [-0.3, -0.25) is 4.79 Å². The van der Waals surface area contributed by atoms with E-state index in [0.29, 0.717) is 10.2 Å². The lowest BCUT2D eigenvalue weighted by atomic mass is 10.1. The molecule has 126 valence electrons. The summed E-state index contributed by atoms with van der Waals surface area (Å²) in [6.07, 6.45) is 0.0781. The van der Waals surface area contributed by atoms with Crippen molar-refractivity contribution in [2.45, 2.75) is 13.3 Å². The van der Waals surface area contributed by atoms with Crippen LogP contribution in [0.15, 0.2) is 22.7 Å². The second-order valence-electron chi connectivity index (χ2n) is 5.29. The number of rotatable bonds is 5. The van der Waals surface area contributed by atoms with Crippen LogP contribution in [-0.4, -0.2) is 39.2 Å². The van der Waals surface area contributed by atoms with Gasteiger partial charge in [0.25, 0.3) is 0 Å². The lowest BCUT2D eigenvalue weighted by Crippen LogP contribution is -2.29. The molecule has 1 unspecified atom stereocenters. The Kier molecular flexibility index (Phi) is 5.43. The number of benzene rings is 1. The van der Waals surface area contributed by atoms with Gasteiger partial charge < -0.3 is 9.64 Å². The first kappa shape index (κ1) is 17.9. The van der Waals surface area contributed by atoms with Gasteiger partial charge in [0.2, 0.25) is 15.9 Å². The predicted molar refractivity (Wildman–Crippen MR) is 88.5 cm³/mol. The maximum Gasteiger partial charge on any atom is 0.340 e. The van der Waals surface area contributed by atoms with Crippen molar-refractivity contribution < 1.29 is 22.7 Å². The minimum atomic E-state index is -3.66. The van der Waals surface area contributed by atoms with Crippen LogP contribution in [-0.2, 0) is 19.6 Å². The van der Waals surface area contributed by atoms with Crippen molar-refractivity contribution >= 4 is 43.5 Å². The molecule has 1 fully saturated rings. The monoisotopic (exact) mass is 404 g/mol. The normalized spacial score (nSPS) is 18.3. The van der Waals surface area contributed by atoms with Gasteiger partial charge in [0, 0.05) is 23.4 Å². The second-order valence-corrected chi connectivity index (χ2v) is 7.86. The topological polar surface area (TPSA) is 107 Å².